The van der Waals surface area contributed by atoms with Crippen LogP contribution in [0.1, 0.15) is 23.2 Å². The van der Waals surface area contributed by atoms with Crippen LogP contribution in [0.3, 0.4) is 0 Å². The monoisotopic (exact) mass is 285 g/mol. The minimum atomic E-state index is -5.06. The lowest BCUT2D eigenvalue weighted by Gasteiger charge is -2.15. The Morgan fingerprint density at radius 2 is 2.05 bits per heavy atom. The van der Waals surface area contributed by atoms with Crippen LogP contribution in [0.15, 0.2) is 6.07 Å². The molecule has 0 aliphatic rings. The zero-order valence-electron chi connectivity index (χ0n) is 9.46. The van der Waals surface area contributed by atoms with Crippen molar-refractivity contribution in [3.63, 3.8) is 0 Å². The summed E-state index contributed by atoms with van der Waals surface area (Å²) in [6, 6.07) is 0.321. The van der Waals surface area contributed by atoms with Gasteiger partial charge in [-0.05, 0) is 6.07 Å². The second-order valence-corrected chi connectivity index (χ2v) is 3.46. The summed E-state index contributed by atoms with van der Waals surface area (Å²) in [5, 5.41) is 8.55. The Bertz CT molecular complexity index is 487. The summed E-state index contributed by atoms with van der Waals surface area (Å²) in [5.41, 5.74) is -3.58. The second-order valence-electron chi connectivity index (χ2n) is 3.46. The molecule has 1 N–H and O–H groups in total. The Morgan fingerprint density at radius 3 is 2.42 bits per heavy atom. The van der Waals surface area contributed by atoms with E-state index in [0.29, 0.717) is 6.07 Å². The van der Waals surface area contributed by atoms with E-state index in [1.54, 1.807) is 0 Å². The standard InChI is InChI=1S/C10H8F5NO3/c1-19-9-4(3-6(17)18)2-5(10(13,14)15)7(16-9)8(11)12/h2,8H,3H2,1H3,(H,17,18). The minimum Gasteiger partial charge on any atom is -0.481 e. The van der Waals surface area contributed by atoms with E-state index in [4.69, 9.17) is 5.11 Å². The minimum absolute atomic E-state index is 0.321. The number of carboxylic acids is 1. The normalized spacial score (nSPS) is 11.7. The smallest absolute Gasteiger partial charge is 0.418 e. The van der Waals surface area contributed by atoms with Gasteiger partial charge >= 0.3 is 12.1 Å². The van der Waals surface area contributed by atoms with Crippen LogP contribution in [0.5, 0.6) is 5.88 Å². The first-order chi connectivity index (χ1) is 8.66. The fourth-order valence-corrected chi connectivity index (χ4v) is 1.41. The molecule has 19 heavy (non-hydrogen) atoms. The van der Waals surface area contributed by atoms with Gasteiger partial charge < -0.3 is 9.84 Å². The number of ether oxygens (including phenoxy) is 1. The molecule has 0 fully saturated rings. The van der Waals surface area contributed by atoms with Crippen LogP contribution in [0.2, 0.25) is 0 Å². The average Bonchev–Trinajstić information content (AvgIpc) is 2.26. The topological polar surface area (TPSA) is 59.4 Å². The van der Waals surface area contributed by atoms with E-state index in [-0.39, 0.29) is 0 Å². The van der Waals surface area contributed by atoms with Gasteiger partial charge in [0.25, 0.3) is 6.43 Å². The molecule has 1 aromatic rings. The predicted molar refractivity (Wildman–Crippen MR) is 52.1 cm³/mol. The average molecular weight is 285 g/mol. The number of aliphatic carboxylic acids is 1. The maximum atomic E-state index is 12.6. The zero-order chi connectivity index (χ0) is 14.8. The van der Waals surface area contributed by atoms with Crippen LogP contribution in [-0.2, 0) is 17.4 Å². The lowest BCUT2D eigenvalue weighted by molar-refractivity contribution is -0.140. The van der Waals surface area contributed by atoms with Crippen molar-refractivity contribution in [2.45, 2.75) is 19.0 Å². The molecule has 9 heteroatoms. The van der Waals surface area contributed by atoms with E-state index in [9.17, 15) is 26.7 Å². The highest BCUT2D eigenvalue weighted by Crippen LogP contribution is 2.37. The van der Waals surface area contributed by atoms with Crippen LogP contribution in [0.25, 0.3) is 0 Å². The Morgan fingerprint density at radius 1 is 1.47 bits per heavy atom. The number of pyridine rings is 1. The molecule has 106 valence electrons. The number of nitrogens with zero attached hydrogens (tertiary/aromatic N) is 1. The number of alkyl halides is 5. The molecule has 0 saturated heterocycles. The maximum absolute atomic E-state index is 12.6. The van der Waals surface area contributed by atoms with Crippen molar-refractivity contribution in [2.75, 3.05) is 7.11 Å². The van der Waals surface area contributed by atoms with Crippen molar-refractivity contribution < 1.29 is 36.6 Å². The lowest BCUT2D eigenvalue weighted by Crippen LogP contribution is -2.15. The molecule has 1 heterocycles. The number of carboxylic acid groups (broad SMARTS) is 1. The van der Waals surface area contributed by atoms with Crippen LogP contribution in [-0.4, -0.2) is 23.2 Å². The molecule has 1 rings (SSSR count). The second kappa shape index (κ2) is 5.37. The summed E-state index contributed by atoms with van der Waals surface area (Å²) in [4.78, 5) is 13.6. The van der Waals surface area contributed by atoms with Gasteiger partial charge in [0.2, 0.25) is 5.88 Å². The molecule has 0 unspecified atom stereocenters. The summed E-state index contributed by atoms with van der Waals surface area (Å²) in [7, 11) is 0.996. The molecule has 1 aromatic heterocycles. The number of hydrogen-bond donors (Lipinski definition) is 1. The highest BCUT2D eigenvalue weighted by Gasteiger charge is 2.38. The zero-order valence-corrected chi connectivity index (χ0v) is 9.46. The maximum Gasteiger partial charge on any atom is 0.418 e. The number of hydrogen-bond acceptors (Lipinski definition) is 3. The third-order valence-electron chi connectivity index (χ3n) is 2.14. The highest BCUT2D eigenvalue weighted by molar-refractivity contribution is 5.71. The van der Waals surface area contributed by atoms with Gasteiger partial charge in [0.1, 0.15) is 5.69 Å². The first kappa shape index (κ1) is 15.1. The largest absolute Gasteiger partial charge is 0.481 e. The number of carbonyl (C=O) groups is 1. The summed E-state index contributed by atoms with van der Waals surface area (Å²) >= 11 is 0. The van der Waals surface area contributed by atoms with Gasteiger partial charge in [-0.3, -0.25) is 4.79 Å². The first-order valence-electron chi connectivity index (χ1n) is 4.81. The Balaban J connectivity index is 3.47. The van der Waals surface area contributed by atoms with Gasteiger partial charge in [0.15, 0.2) is 0 Å². The SMILES string of the molecule is COc1nc(C(F)F)c(C(F)(F)F)cc1CC(=O)O. The van der Waals surface area contributed by atoms with Crippen molar-refractivity contribution in [3.8, 4) is 5.88 Å². The van der Waals surface area contributed by atoms with E-state index < -0.39 is 47.7 Å². The summed E-state index contributed by atoms with van der Waals surface area (Å²) < 4.78 is 67.4. The third-order valence-corrected chi connectivity index (χ3v) is 2.14. The first-order valence-corrected chi connectivity index (χ1v) is 4.81. The van der Waals surface area contributed by atoms with Crippen LogP contribution >= 0.6 is 0 Å². The van der Waals surface area contributed by atoms with Gasteiger partial charge in [0.05, 0.1) is 19.1 Å². The van der Waals surface area contributed by atoms with E-state index in [1.165, 1.54) is 0 Å². The van der Waals surface area contributed by atoms with Gasteiger partial charge in [-0.25, -0.2) is 13.8 Å². The van der Waals surface area contributed by atoms with Crippen molar-refractivity contribution in [1.29, 1.82) is 0 Å². The summed E-state index contributed by atoms with van der Waals surface area (Å²) in [6.07, 6.45) is -9.33. The van der Waals surface area contributed by atoms with Gasteiger partial charge in [0, 0.05) is 5.56 Å². The predicted octanol–water partition coefficient (Wildman–Crippen LogP) is 2.67. The lowest BCUT2D eigenvalue weighted by atomic mass is 10.1. The van der Waals surface area contributed by atoms with Crippen molar-refractivity contribution in [1.82, 2.24) is 4.98 Å². The number of methoxy groups -OCH3 is 1. The molecular weight excluding hydrogens is 277 g/mol. The molecule has 0 amide bonds. The number of aromatic nitrogens is 1. The summed E-state index contributed by atoms with van der Waals surface area (Å²) in [5.74, 6) is -2.00. The van der Waals surface area contributed by atoms with E-state index in [2.05, 4.69) is 9.72 Å². The van der Waals surface area contributed by atoms with Crippen molar-refractivity contribution >= 4 is 5.97 Å². The molecule has 0 spiro atoms. The Labute approximate surface area is 103 Å². The van der Waals surface area contributed by atoms with Crippen LogP contribution in [0, 0.1) is 0 Å². The van der Waals surface area contributed by atoms with Gasteiger partial charge in [-0.15, -0.1) is 0 Å². The molecule has 0 atom stereocenters. The Kier molecular flexibility index (Phi) is 4.28. The van der Waals surface area contributed by atoms with Gasteiger partial charge in [-0.2, -0.15) is 13.2 Å². The van der Waals surface area contributed by atoms with Crippen LogP contribution < -0.4 is 4.74 Å². The Hall–Kier alpha value is -1.93. The quantitative estimate of drug-likeness (QED) is 0.864. The molecule has 4 nitrogen and oxygen atoms in total. The van der Waals surface area contributed by atoms with E-state index >= 15 is 0 Å². The van der Waals surface area contributed by atoms with E-state index in [1.807, 2.05) is 0 Å². The van der Waals surface area contributed by atoms with Gasteiger partial charge in [-0.1, -0.05) is 0 Å². The molecule has 0 aliphatic heterocycles. The van der Waals surface area contributed by atoms with Crippen molar-refractivity contribution in [3.05, 3.63) is 22.9 Å². The third kappa shape index (κ3) is 3.52. The highest BCUT2D eigenvalue weighted by atomic mass is 19.4. The summed E-state index contributed by atoms with van der Waals surface area (Å²) in [6.45, 7) is 0. The molecule has 0 aliphatic carbocycles. The fourth-order valence-electron chi connectivity index (χ4n) is 1.41. The fraction of sp³-hybridized carbons (Fsp3) is 0.400. The molecular formula is C10H8F5NO3. The number of halogens is 5. The van der Waals surface area contributed by atoms with E-state index in [0.717, 1.165) is 7.11 Å². The van der Waals surface area contributed by atoms with Crippen LogP contribution in [0.4, 0.5) is 22.0 Å². The molecule has 0 radical (unpaired) electrons. The number of rotatable bonds is 4. The molecule has 0 aromatic carbocycles. The molecule has 0 saturated carbocycles. The van der Waals surface area contributed by atoms with Crippen molar-refractivity contribution in [2.24, 2.45) is 0 Å². The molecule has 0 bridgehead atoms.